The fourth-order valence-electron chi connectivity index (χ4n) is 1.73. The van der Waals surface area contributed by atoms with Gasteiger partial charge in [0.1, 0.15) is 0 Å². The second-order valence-electron chi connectivity index (χ2n) is 3.48. The van der Waals surface area contributed by atoms with Gasteiger partial charge in [-0.05, 0) is 17.6 Å². The average molecular weight is 173 g/mol. The van der Waals surface area contributed by atoms with Crippen LogP contribution in [0.25, 0.3) is 0 Å². The highest BCUT2D eigenvalue weighted by Gasteiger charge is 2.11. The zero-order valence-electron chi connectivity index (χ0n) is 7.96. The Balaban J connectivity index is 2.22. The molecule has 2 bridgehead atoms. The van der Waals surface area contributed by atoms with E-state index in [-0.39, 0.29) is 0 Å². The van der Waals surface area contributed by atoms with Gasteiger partial charge < -0.3 is 5.32 Å². The number of fused-ring (bicyclic) bond motifs is 1. The SMILES string of the molecule is CCCC1=CNC2C=CC=CC1=C2. The summed E-state index contributed by atoms with van der Waals surface area (Å²) in [7, 11) is 0. The van der Waals surface area contributed by atoms with Crippen LogP contribution in [0.2, 0.25) is 0 Å². The van der Waals surface area contributed by atoms with E-state index in [0.29, 0.717) is 6.04 Å². The normalized spacial score (nSPS) is 24.5. The van der Waals surface area contributed by atoms with E-state index >= 15 is 0 Å². The van der Waals surface area contributed by atoms with Crippen molar-refractivity contribution in [3.8, 4) is 0 Å². The summed E-state index contributed by atoms with van der Waals surface area (Å²) in [5, 5.41) is 3.36. The van der Waals surface area contributed by atoms with Crippen molar-refractivity contribution < 1.29 is 0 Å². The molecule has 0 amide bonds. The smallest absolute Gasteiger partial charge is 0.0635 e. The summed E-state index contributed by atoms with van der Waals surface area (Å²) in [6, 6.07) is 0.394. The number of rotatable bonds is 2. The molecule has 1 atom stereocenters. The quantitative estimate of drug-likeness (QED) is 0.677. The minimum Gasteiger partial charge on any atom is -0.381 e. The van der Waals surface area contributed by atoms with Crippen LogP contribution < -0.4 is 5.32 Å². The van der Waals surface area contributed by atoms with Crippen molar-refractivity contribution in [3.63, 3.8) is 0 Å². The monoisotopic (exact) mass is 173 g/mol. The first-order chi connectivity index (χ1) is 6.40. The van der Waals surface area contributed by atoms with Gasteiger partial charge in [0, 0.05) is 6.20 Å². The lowest BCUT2D eigenvalue weighted by molar-refractivity contribution is 0.788. The van der Waals surface area contributed by atoms with Crippen molar-refractivity contribution in [2.45, 2.75) is 25.8 Å². The van der Waals surface area contributed by atoms with Gasteiger partial charge in [0.05, 0.1) is 6.04 Å². The third-order valence-corrected chi connectivity index (χ3v) is 2.40. The number of nitrogens with one attached hydrogen (secondary N) is 1. The van der Waals surface area contributed by atoms with Crippen LogP contribution >= 0.6 is 0 Å². The van der Waals surface area contributed by atoms with Crippen LogP contribution in [0, 0.1) is 0 Å². The van der Waals surface area contributed by atoms with Gasteiger partial charge in [-0.1, -0.05) is 43.7 Å². The van der Waals surface area contributed by atoms with Crippen LogP contribution in [0.5, 0.6) is 0 Å². The summed E-state index contributed by atoms with van der Waals surface area (Å²) >= 11 is 0. The van der Waals surface area contributed by atoms with Crippen LogP contribution in [-0.2, 0) is 0 Å². The molecule has 0 saturated carbocycles. The summed E-state index contributed by atoms with van der Waals surface area (Å²) in [6.45, 7) is 2.21. The van der Waals surface area contributed by atoms with Crippen molar-refractivity contribution in [1.29, 1.82) is 0 Å². The molecule has 0 aromatic heterocycles. The van der Waals surface area contributed by atoms with Crippen molar-refractivity contribution >= 4 is 0 Å². The van der Waals surface area contributed by atoms with Crippen LogP contribution in [0.15, 0.2) is 47.7 Å². The first-order valence-electron chi connectivity index (χ1n) is 4.92. The van der Waals surface area contributed by atoms with Gasteiger partial charge in [-0.3, -0.25) is 0 Å². The molecule has 1 heterocycles. The highest BCUT2D eigenvalue weighted by molar-refractivity contribution is 5.46. The Labute approximate surface area is 79.5 Å². The maximum absolute atomic E-state index is 3.36. The van der Waals surface area contributed by atoms with Gasteiger partial charge in [-0.25, -0.2) is 0 Å². The van der Waals surface area contributed by atoms with E-state index in [2.05, 4.69) is 48.8 Å². The predicted molar refractivity (Wildman–Crippen MR) is 56.3 cm³/mol. The molecule has 13 heavy (non-hydrogen) atoms. The standard InChI is InChI=1S/C12H15N/c1-2-5-11-9-13-12-7-4-3-6-10(11)8-12/h3-4,6-9,12-13H,2,5H2,1H3. The second-order valence-corrected chi connectivity index (χ2v) is 3.48. The van der Waals surface area contributed by atoms with E-state index in [1.165, 1.54) is 17.6 Å². The molecule has 2 rings (SSSR count). The van der Waals surface area contributed by atoms with E-state index in [0.717, 1.165) is 6.42 Å². The molecule has 0 aromatic carbocycles. The molecule has 0 aromatic rings. The van der Waals surface area contributed by atoms with Crippen molar-refractivity contribution in [2.24, 2.45) is 0 Å². The summed E-state index contributed by atoms with van der Waals surface area (Å²) in [4.78, 5) is 0. The van der Waals surface area contributed by atoms with E-state index in [1.54, 1.807) is 0 Å². The van der Waals surface area contributed by atoms with Gasteiger partial charge in [-0.2, -0.15) is 0 Å². The number of allylic oxidation sites excluding steroid dienone is 5. The molecular weight excluding hydrogens is 158 g/mol. The molecule has 1 heteroatoms. The average Bonchev–Trinajstić information content (AvgIpc) is 2.34. The molecule has 2 aliphatic rings. The first kappa shape index (κ1) is 8.36. The lowest BCUT2D eigenvalue weighted by atomic mass is 9.98. The fraction of sp³-hybridized carbons (Fsp3) is 0.333. The molecule has 1 nitrogen and oxygen atoms in total. The van der Waals surface area contributed by atoms with Crippen molar-refractivity contribution in [3.05, 3.63) is 47.7 Å². The highest BCUT2D eigenvalue weighted by atomic mass is 14.9. The van der Waals surface area contributed by atoms with Crippen LogP contribution in [0.1, 0.15) is 19.8 Å². The molecule has 1 N–H and O–H groups in total. The summed E-state index contributed by atoms with van der Waals surface area (Å²) in [5.74, 6) is 0. The Hall–Kier alpha value is -1.24. The summed E-state index contributed by atoms with van der Waals surface area (Å²) in [5.41, 5.74) is 2.81. The lowest BCUT2D eigenvalue weighted by Gasteiger charge is -2.18. The van der Waals surface area contributed by atoms with Crippen LogP contribution in [-0.4, -0.2) is 6.04 Å². The van der Waals surface area contributed by atoms with E-state index in [1.807, 2.05) is 0 Å². The summed E-state index contributed by atoms with van der Waals surface area (Å²) in [6.07, 6.45) is 15.4. The zero-order chi connectivity index (χ0) is 9.10. The van der Waals surface area contributed by atoms with Gasteiger partial charge >= 0.3 is 0 Å². The Morgan fingerprint density at radius 1 is 1.38 bits per heavy atom. The van der Waals surface area contributed by atoms with Gasteiger partial charge in [0.15, 0.2) is 0 Å². The lowest BCUT2D eigenvalue weighted by Crippen LogP contribution is -2.23. The Morgan fingerprint density at radius 2 is 2.31 bits per heavy atom. The fourth-order valence-corrected chi connectivity index (χ4v) is 1.73. The van der Waals surface area contributed by atoms with Crippen molar-refractivity contribution in [1.82, 2.24) is 5.32 Å². The van der Waals surface area contributed by atoms with Gasteiger partial charge in [-0.15, -0.1) is 0 Å². The molecule has 68 valence electrons. The largest absolute Gasteiger partial charge is 0.381 e. The second kappa shape index (κ2) is 3.65. The highest BCUT2D eigenvalue weighted by Crippen LogP contribution is 2.22. The number of hydrogen-bond donors (Lipinski definition) is 1. The molecule has 0 saturated heterocycles. The Kier molecular flexibility index (Phi) is 2.35. The van der Waals surface area contributed by atoms with Crippen LogP contribution in [0.3, 0.4) is 0 Å². The van der Waals surface area contributed by atoms with Gasteiger partial charge in [0.25, 0.3) is 0 Å². The Bertz CT molecular complexity index is 305. The van der Waals surface area contributed by atoms with Crippen molar-refractivity contribution in [2.75, 3.05) is 0 Å². The van der Waals surface area contributed by atoms with Crippen LogP contribution in [0.4, 0.5) is 0 Å². The molecule has 1 aliphatic carbocycles. The molecule has 1 aliphatic heterocycles. The summed E-state index contributed by atoms with van der Waals surface area (Å²) < 4.78 is 0. The Morgan fingerprint density at radius 3 is 3.15 bits per heavy atom. The third kappa shape index (κ3) is 1.74. The molecule has 0 spiro atoms. The van der Waals surface area contributed by atoms with Gasteiger partial charge in [0.2, 0.25) is 0 Å². The molecular formula is C12H15N. The number of dihydropyridines is 1. The zero-order valence-corrected chi connectivity index (χ0v) is 7.96. The molecule has 0 radical (unpaired) electrons. The van der Waals surface area contributed by atoms with E-state index < -0.39 is 0 Å². The maximum Gasteiger partial charge on any atom is 0.0635 e. The van der Waals surface area contributed by atoms with E-state index in [9.17, 15) is 0 Å². The predicted octanol–water partition coefficient (Wildman–Crippen LogP) is 2.69. The molecule has 0 fully saturated rings. The number of hydrogen-bond acceptors (Lipinski definition) is 1. The minimum absolute atomic E-state index is 0.394. The topological polar surface area (TPSA) is 12.0 Å². The molecule has 1 unspecified atom stereocenters. The third-order valence-electron chi connectivity index (χ3n) is 2.40. The minimum atomic E-state index is 0.394. The van der Waals surface area contributed by atoms with E-state index in [4.69, 9.17) is 0 Å². The first-order valence-corrected chi connectivity index (χ1v) is 4.92. The maximum atomic E-state index is 3.36.